The number of hydrogen-bond acceptors (Lipinski definition) is 21. The van der Waals surface area contributed by atoms with Gasteiger partial charge in [0.25, 0.3) is 0 Å². The van der Waals surface area contributed by atoms with Crippen LogP contribution in [0.15, 0.2) is 54.9 Å². The fourth-order valence-electron chi connectivity index (χ4n) is 8.32. The average molecular weight is 1180 g/mol. The number of amides is 2. The topological polar surface area (TPSA) is 268 Å². The van der Waals surface area contributed by atoms with Gasteiger partial charge in [0, 0.05) is 21.1 Å². The molecule has 1 unspecified atom stereocenters. The molecule has 5 atom stereocenters. The highest BCUT2D eigenvalue weighted by molar-refractivity contribution is 6.76. The molecular formula is C56H78ClN9O15Si. The highest BCUT2D eigenvalue weighted by atomic mass is 35.5. The second-order valence-electron chi connectivity index (χ2n) is 25.1. The van der Waals surface area contributed by atoms with E-state index in [1.807, 2.05) is 55.5 Å². The van der Waals surface area contributed by atoms with Crippen molar-refractivity contribution in [1.82, 2.24) is 39.7 Å². The van der Waals surface area contributed by atoms with Crippen LogP contribution in [0.3, 0.4) is 0 Å². The third-order valence-corrected chi connectivity index (χ3v) is 13.9. The second-order valence-corrected chi connectivity index (χ2v) is 31.0. The lowest BCUT2D eigenvalue weighted by Gasteiger charge is -2.36. The number of esters is 1. The zero-order chi connectivity index (χ0) is 61.0. The Morgan fingerprint density at radius 3 is 1.98 bits per heavy atom. The van der Waals surface area contributed by atoms with Crippen LogP contribution in [0, 0.1) is 6.92 Å². The van der Waals surface area contributed by atoms with Crippen LogP contribution in [0.2, 0.25) is 31.0 Å². The van der Waals surface area contributed by atoms with Crippen LogP contribution in [-0.4, -0.2) is 138 Å². The minimum absolute atomic E-state index is 0.100. The molecule has 448 valence electrons. The van der Waals surface area contributed by atoms with Crippen LogP contribution in [-0.2, 0) is 70.9 Å². The molecular weight excluding hydrogens is 1100 g/mol. The lowest BCUT2D eigenvalue weighted by molar-refractivity contribution is -0.189. The van der Waals surface area contributed by atoms with Crippen LogP contribution < -0.4 is 4.90 Å². The summed E-state index contributed by atoms with van der Waals surface area (Å²) in [6.45, 7) is 30.5. The predicted molar refractivity (Wildman–Crippen MR) is 303 cm³/mol. The van der Waals surface area contributed by atoms with Gasteiger partial charge in [0.05, 0.1) is 19.5 Å². The number of halogens is 1. The van der Waals surface area contributed by atoms with Crippen molar-refractivity contribution < 1.29 is 71.3 Å². The molecule has 1 saturated heterocycles. The van der Waals surface area contributed by atoms with Gasteiger partial charge >= 0.3 is 30.5 Å². The van der Waals surface area contributed by atoms with Gasteiger partial charge in [0.15, 0.2) is 41.6 Å². The smallest absolute Gasteiger partial charge is 0.463 e. The van der Waals surface area contributed by atoms with E-state index in [9.17, 15) is 24.0 Å². The summed E-state index contributed by atoms with van der Waals surface area (Å²) in [6.07, 6.45) is -8.82. The molecule has 82 heavy (non-hydrogen) atoms. The largest absolute Gasteiger partial charge is 0.509 e. The van der Waals surface area contributed by atoms with E-state index in [1.54, 1.807) is 90.0 Å². The zero-order valence-corrected chi connectivity index (χ0v) is 52.0. The summed E-state index contributed by atoms with van der Waals surface area (Å²) in [5.41, 5.74) is -5.70. The minimum atomic E-state index is -2.23. The lowest BCUT2D eigenvalue weighted by atomic mass is 9.90. The molecule has 0 aliphatic carbocycles. The standard InChI is InChI=1S/C56H78ClN9O15Si/c1-19-73-45(67)56(44-61-63-65(62-44)33-72-28-29-82(16,17)18,30-35-24-26-36(27-25-35)37-23-21-20-22-34(37)2)74-31-38-55(15,81-50(71)80-54(12,13)14)40(76-49(70)79-53(9,10)11)43(75-38)64-32-58-39-41(64)59-46(57)60-42(39)66(47(68)77-51(3,4)5)48(69)78-52(6,7)8/h20-27,32,38,40,43H,19,28-31,33H2,1-18H3/t38-,40+,43-,55-,56?/m1/s1. The Kier molecular flexibility index (Phi) is 19.6. The molecule has 4 heterocycles. The monoisotopic (exact) mass is 1180 g/mol. The van der Waals surface area contributed by atoms with Crippen molar-refractivity contribution in [3.63, 3.8) is 0 Å². The first-order valence-corrected chi connectivity index (χ1v) is 30.9. The first kappa shape index (κ1) is 64.4. The third-order valence-electron chi connectivity index (χ3n) is 12.1. The Bertz CT molecular complexity index is 3060. The van der Waals surface area contributed by atoms with Gasteiger partial charge in [0.1, 0.15) is 28.5 Å². The van der Waals surface area contributed by atoms with Crippen molar-refractivity contribution >= 4 is 67.1 Å². The van der Waals surface area contributed by atoms with E-state index in [1.165, 1.54) is 22.6 Å². The summed E-state index contributed by atoms with van der Waals surface area (Å²) < 4.78 is 61.9. The number of ether oxygens (including phenoxy) is 10. The van der Waals surface area contributed by atoms with E-state index >= 15 is 0 Å². The maximum absolute atomic E-state index is 15.0. The summed E-state index contributed by atoms with van der Waals surface area (Å²) in [6, 6.07) is 16.3. The SMILES string of the molecule is CCOC(=O)C(Cc1ccc(-c2ccccc2C)cc1)(OC[C@H]1O[C@@H](n2cnc3c(N(C(=O)OC(C)(C)C)C(=O)OC(C)(C)C)nc(Cl)nc32)[C@H](OC(=O)OC(C)(C)C)[C@]1(C)OC(=O)OC(C)(C)C)c1nnn(COCC[Si](C)(C)C)n1. The van der Waals surface area contributed by atoms with Gasteiger partial charge in [-0.1, -0.05) is 68.2 Å². The first-order chi connectivity index (χ1) is 37.9. The number of tetrazole rings is 1. The Labute approximate surface area is 484 Å². The third kappa shape index (κ3) is 16.7. The number of nitrogens with zero attached hydrogens (tertiary/aromatic N) is 9. The van der Waals surface area contributed by atoms with Gasteiger partial charge in [-0.2, -0.15) is 14.9 Å². The summed E-state index contributed by atoms with van der Waals surface area (Å²) in [5, 5.41) is 12.8. The van der Waals surface area contributed by atoms with Crippen LogP contribution in [0.1, 0.15) is 120 Å². The maximum atomic E-state index is 15.0. The van der Waals surface area contributed by atoms with Gasteiger partial charge in [-0.15, -0.1) is 15.0 Å². The second kappa shape index (κ2) is 25.0. The lowest BCUT2D eigenvalue weighted by Crippen LogP contribution is -2.54. The minimum Gasteiger partial charge on any atom is -0.463 e. The quantitative estimate of drug-likeness (QED) is 0.0259. The molecule has 1 aliphatic heterocycles. The van der Waals surface area contributed by atoms with E-state index in [0.717, 1.165) is 22.7 Å². The highest BCUT2D eigenvalue weighted by Crippen LogP contribution is 2.46. The van der Waals surface area contributed by atoms with Crippen molar-refractivity contribution in [2.75, 3.05) is 24.7 Å². The van der Waals surface area contributed by atoms with Crippen LogP contribution >= 0.6 is 11.6 Å². The molecule has 0 N–H and O–H groups in total. The van der Waals surface area contributed by atoms with Crippen LogP contribution in [0.5, 0.6) is 0 Å². The molecule has 0 radical (unpaired) electrons. The maximum Gasteiger partial charge on any atom is 0.509 e. The molecule has 5 aromatic rings. The number of anilines is 1. The Hall–Kier alpha value is -6.80. The number of imidazole rings is 1. The summed E-state index contributed by atoms with van der Waals surface area (Å²) >= 11 is 6.65. The fourth-order valence-corrected chi connectivity index (χ4v) is 9.23. The van der Waals surface area contributed by atoms with Crippen molar-refractivity contribution in [3.8, 4) is 11.1 Å². The van der Waals surface area contributed by atoms with Crippen molar-refractivity contribution in [1.29, 1.82) is 0 Å². The highest BCUT2D eigenvalue weighted by Gasteiger charge is 2.62. The number of carbonyl (C=O) groups is 5. The number of carbonyl (C=O) groups excluding carboxylic acids is 5. The van der Waals surface area contributed by atoms with Crippen molar-refractivity contribution in [2.24, 2.45) is 0 Å². The molecule has 2 aromatic carbocycles. The van der Waals surface area contributed by atoms with E-state index in [2.05, 4.69) is 50.0 Å². The molecule has 1 fully saturated rings. The van der Waals surface area contributed by atoms with Gasteiger partial charge in [-0.3, -0.25) is 4.57 Å². The van der Waals surface area contributed by atoms with Crippen molar-refractivity contribution in [3.05, 3.63) is 77.1 Å². The van der Waals surface area contributed by atoms with Crippen molar-refractivity contribution in [2.45, 2.75) is 195 Å². The normalized spacial score (nSPS) is 18.5. The number of aromatic nitrogens is 8. The predicted octanol–water partition coefficient (Wildman–Crippen LogP) is 11.1. The zero-order valence-electron chi connectivity index (χ0n) is 50.2. The molecule has 0 spiro atoms. The molecule has 2 amide bonds. The number of imide groups is 1. The first-order valence-electron chi connectivity index (χ1n) is 26.9. The number of benzene rings is 2. The fraction of sp³-hybridized carbons (Fsp3) is 0.589. The van der Waals surface area contributed by atoms with E-state index in [0.29, 0.717) is 17.1 Å². The molecule has 0 bridgehead atoms. The van der Waals surface area contributed by atoms with Gasteiger partial charge < -0.3 is 47.4 Å². The number of hydrogen-bond donors (Lipinski definition) is 0. The molecule has 24 nitrogen and oxygen atoms in total. The molecule has 0 saturated carbocycles. The number of fused-ring (bicyclic) bond motifs is 1. The summed E-state index contributed by atoms with van der Waals surface area (Å²) in [4.78, 5) is 86.1. The van der Waals surface area contributed by atoms with E-state index < -0.39 is 108 Å². The Balaban J connectivity index is 1.54. The molecule has 1 aliphatic rings. The Morgan fingerprint density at radius 2 is 1.40 bits per heavy atom. The molecule has 3 aromatic heterocycles. The van der Waals surface area contributed by atoms with Crippen LogP contribution in [0.4, 0.5) is 25.0 Å². The molecule has 26 heteroatoms. The summed E-state index contributed by atoms with van der Waals surface area (Å²) in [7, 11) is -1.48. The van der Waals surface area contributed by atoms with E-state index in [4.69, 9.17) is 59.0 Å². The van der Waals surface area contributed by atoms with E-state index in [-0.39, 0.29) is 36.7 Å². The number of aryl methyl sites for hydroxylation is 1. The van der Waals surface area contributed by atoms with Gasteiger partial charge in [-0.25, -0.2) is 29.0 Å². The molecule has 6 rings (SSSR count). The number of rotatable bonds is 18. The average Bonchev–Trinajstić information content (AvgIpc) is 2.67. The van der Waals surface area contributed by atoms with Gasteiger partial charge in [0.2, 0.25) is 16.7 Å². The summed E-state index contributed by atoms with van der Waals surface area (Å²) in [5.74, 6) is -1.59. The van der Waals surface area contributed by atoms with Crippen LogP contribution in [0.25, 0.3) is 22.3 Å². The Morgan fingerprint density at radius 1 is 0.805 bits per heavy atom. The van der Waals surface area contributed by atoms with Gasteiger partial charge in [-0.05, 0) is 149 Å².